The van der Waals surface area contributed by atoms with Crippen LogP contribution in [0.4, 0.5) is 0 Å². The fourth-order valence-corrected chi connectivity index (χ4v) is 2.61. The van der Waals surface area contributed by atoms with Crippen molar-refractivity contribution in [1.82, 2.24) is 5.32 Å². The average Bonchev–Trinajstić information content (AvgIpc) is 2.42. The Labute approximate surface area is 124 Å². The van der Waals surface area contributed by atoms with Crippen LogP contribution in [-0.4, -0.2) is 19.3 Å². The molecule has 0 radical (unpaired) electrons. The van der Waals surface area contributed by atoms with Crippen LogP contribution in [0, 0.1) is 5.41 Å². The smallest absolute Gasteiger partial charge is 0.0817 e. The van der Waals surface area contributed by atoms with Crippen LogP contribution in [0.25, 0.3) is 0 Å². The van der Waals surface area contributed by atoms with Crippen molar-refractivity contribution in [2.75, 3.05) is 13.2 Å². The molecule has 2 atom stereocenters. The molecule has 1 aromatic rings. The van der Waals surface area contributed by atoms with Gasteiger partial charge in [0.1, 0.15) is 0 Å². The number of hydrogen-bond donors (Lipinski definition) is 1. The number of ether oxygens (including phenoxy) is 1. The van der Waals surface area contributed by atoms with Gasteiger partial charge in [-0.3, -0.25) is 0 Å². The summed E-state index contributed by atoms with van der Waals surface area (Å²) in [7, 11) is 0. The molecule has 0 spiro atoms. The maximum absolute atomic E-state index is 6.07. The van der Waals surface area contributed by atoms with Gasteiger partial charge in [0.05, 0.1) is 12.1 Å². The first kappa shape index (κ1) is 17.2. The maximum Gasteiger partial charge on any atom is 0.0817 e. The first-order valence-electron chi connectivity index (χ1n) is 7.87. The molecule has 0 heterocycles. The van der Waals surface area contributed by atoms with Crippen molar-refractivity contribution in [3.63, 3.8) is 0 Å². The molecule has 1 N–H and O–H groups in total. The molecule has 0 aliphatic heterocycles. The van der Waals surface area contributed by atoms with Crippen molar-refractivity contribution in [3.05, 3.63) is 35.4 Å². The molecule has 1 aromatic carbocycles. The Kier molecular flexibility index (Phi) is 6.70. The summed E-state index contributed by atoms with van der Waals surface area (Å²) in [6.07, 6.45) is 1.25. The van der Waals surface area contributed by atoms with Crippen molar-refractivity contribution < 1.29 is 4.74 Å². The Bertz CT molecular complexity index is 377. The van der Waals surface area contributed by atoms with Crippen molar-refractivity contribution in [3.8, 4) is 0 Å². The average molecular weight is 277 g/mol. The van der Waals surface area contributed by atoms with Gasteiger partial charge in [-0.1, -0.05) is 58.9 Å². The van der Waals surface area contributed by atoms with E-state index in [9.17, 15) is 0 Å². The molecule has 0 bridgehead atoms. The van der Waals surface area contributed by atoms with E-state index in [0.717, 1.165) is 19.6 Å². The molecule has 0 fully saturated rings. The first-order chi connectivity index (χ1) is 9.43. The minimum Gasteiger partial charge on any atom is -0.376 e. The van der Waals surface area contributed by atoms with E-state index in [1.807, 2.05) is 0 Å². The normalized spacial score (nSPS) is 15.1. The number of aryl methyl sites for hydroxylation is 1. The van der Waals surface area contributed by atoms with Gasteiger partial charge in [0.2, 0.25) is 0 Å². The summed E-state index contributed by atoms with van der Waals surface area (Å²) in [6, 6.07) is 9.18. The first-order valence-corrected chi connectivity index (χ1v) is 7.87. The zero-order chi connectivity index (χ0) is 15.2. The minimum absolute atomic E-state index is 0.103. The lowest BCUT2D eigenvalue weighted by atomic mass is 9.81. The summed E-state index contributed by atoms with van der Waals surface area (Å²) >= 11 is 0. The molecule has 2 nitrogen and oxygen atoms in total. The lowest BCUT2D eigenvalue weighted by Crippen LogP contribution is -2.42. The molecule has 114 valence electrons. The van der Waals surface area contributed by atoms with Gasteiger partial charge in [0, 0.05) is 6.61 Å². The largest absolute Gasteiger partial charge is 0.376 e. The maximum atomic E-state index is 6.07. The van der Waals surface area contributed by atoms with Crippen LogP contribution >= 0.6 is 0 Å². The van der Waals surface area contributed by atoms with E-state index in [-0.39, 0.29) is 17.6 Å². The van der Waals surface area contributed by atoms with Crippen molar-refractivity contribution >= 4 is 0 Å². The van der Waals surface area contributed by atoms with Crippen LogP contribution in [0.5, 0.6) is 0 Å². The van der Waals surface area contributed by atoms with Crippen LogP contribution in [0.2, 0.25) is 0 Å². The molecule has 1 rings (SSSR count). The Balaban J connectivity index is 3.05. The van der Waals surface area contributed by atoms with E-state index < -0.39 is 0 Å². The van der Waals surface area contributed by atoms with E-state index in [4.69, 9.17) is 4.74 Å². The second kappa shape index (κ2) is 7.80. The van der Waals surface area contributed by atoms with Gasteiger partial charge < -0.3 is 10.1 Å². The minimum atomic E-state index is 0.103. The van der Waals surface area contributed by atoms with Crippen LogP contribution in [0.15, 0.2) is 24.3 Å². The molecule has 2 heteroatoms. The molecule has 0 saturated heterocycles. The highest BCUT2D eigenvalue weighted by Crippen LogP contribution is 2.33. The number of rotatable bonds is 7. The van der Waals surface area contributed by atoms with E-state index in [1.54, 1.807) is 0 Å². The molecular weight excluding hydrogens is 246 g/mol. The second-order valence-corrected chi connectivity index (χ2v) is 6.37. The third-order valence-corrected chi connectivity index (χ3v) is 3.67. The fourth-order valence-electron chi connectivity index (χ4n) is 2.61. The highest BCUT2D eigenvalue weighted by molar-refractivity contribution is 5.26. The monoisotopic (exact) mass is 277 g/mol. The summed E-state index contributed by atoms with van der Waals surface area (Å²) in [5, 5.41) is 3.60. The van der Waals surface area contributed by atoms with E-state index >= 15 is 0 Å². The topological polar surface area (TPSA) is 21.3 Å². The molecule has 20 heavy (non-hydrogen) atoms. The standard InChI is InChI=1S/C18H31NO/c1-7-14-10-12-15(13-11-14)16(19-8-2)17(20-9-3)18(4,5)6/h10-13,16-17,19H,7-9H2,1-6H3. The van der Waals surface area contributed by atoms with Gasteiger partial charge in [-0.15, -0.1) is 0 Å². The third kappa shape index (κ3) is 4.60. The Morgan fingerprint density at radius 1 is 1.05 bits per heavy atom. The Hall–Kier alpha value is -0.860. The van der Waals surface area contributed by atoms with Gasteiger partial charge in [0.15, 0.2) is 0 Å². The van der Waals surface area contributed by atoms with Crippen LogP contribution in [0.3, 0.4) is 0 Å². The van der Waals surface area contributed by atoms with Crippen molar-refractivity contribution in [2.24, 2.45) is 5.41 Å². The second-order valence-electron chi connectivity index (χ2n) is 6.37. The molecule has 2 unspecified atom stereocenters. The zero-order valence-electron chi connectivity index (χ0n) is 14.0. The lowest BCUT2D eigenvalue weighted by Gasteiger charge is -2.37. The van der Waals surface area contributed by atoms with Crippen LogP contribution in [-0.2, 0) is 11.2 Å². The highest BCUT2D eigenvalue weighted by atomic mass is 16.5. The highest BCUT2D eigenvalue weighted by Gasteiger charge is 2.33. The van der Waals surface area contributed by atoms with Gasteiger partial charge in [-0.05, 0) is 36.4 Å². The van der Waals surface area contributed by atoms with Gasteiger partial charge in [-0.25, -0.2) is 0 Å². The summed E-state index contributed by atoms with van der Waals surface area (Å²) in [5.41, 5.74) is 2.80. The van der Waals surface area contributed by atoms with Crippen LogP contribution < -0.4 is 5.32 Å². The van der Waals surface area contributed by atoms with Gasteiger partial charge in [0.25, 0.3) is 0 Å². The number of hydrogen-bond acceptors (Lipinski definition) is 2. The van der Waals surface area contributed by atoms with Crippen molar-refractivity contribution in [2.45, 2.75) is 60.1 Å². The molecule has 0 amide bonds. The quantitative estimate of drug-likeness (QED) is 0.800. The summed E-state index contributed by atoms with van der Waals surface area (Å²) in [5.74, 6) is 0. The Morgan fingerprint density at radius 2 is 1.65 bits per heavy atom. The molecule has 0 aliphatic carbocycles. The lowest BCUT2D eigenvalue weighted by molar-refractivity contribution is -0.0363. The van der Waals surface area contributed by atoms with E-state index in [0.29, 0.717) is 0 Å². The summed E-state index contributed by atoms with van der Waals surface area (Å²) in [4.78, 5) is 0. The summed E-state index contributed by atoms with van der Waals surface area (Å²) < 4.78 is 6.07. The summed E-state index contributed by atoms with van der Waals surface area (Å²) in [6.45, 7) is 14.8. The van der Waals surface area contributed by atoms with Crippen LogP contribution in [0.1, 0.15) is 58.7 Å². The van der Waals surface area contributed by atoms with Crippen molar-refractivity contribution in [1.29, 1.82) is 0 Å². The molecular formula is C18H31NO. The third-order valence-electron chi connectivity index (χ3n) is 3.67. The Morgan fingerprint density at radius 3 is 2.05 bits per heavy atom. The van der Waals surface area contributed by atoms with E-state index in [1.165, 1.54) is 11.1 Å². The molecule has 0 aliphatic rings. The molecule has 0 saturated carbocycles. The van der Waals surface area contributed by atoms with E-state index in [2.05, 4.69) is 71.1 Å². The van der Waals surface area contributed by atoms with Gasteiger partial charge >= 0.3 is 0 Å². The SMILES string of the molecule is CCNC(c1ccc(CC)cc1)C(OCC)C(C)(C)C. The zero-order valence-corrected chi connectivity index (χ0v) is 14.0. The number of likely N-dealkylation sites (N-methyl/N-ethyl adjacent to an activating group) is 1. The fraction of sp³-hybridized carbons (Fsp3) is 0.667. The molecule has 0 aromatic heterocycles. The predicted octanol–water partition coefficient (Wildman–Crippen LogP) is 4.35. The van der Waals surface area contributed by atoms with Gasteiger partial charge in [-0.2, -0.15) is 0 Å². The number of nitrogens with one attached hydrogen (secondary N) is 1. The predicted molar refractivity (Wildman–Crippen MR) is 87.1 cm³/mol. The number of benzene rings is 1.